The normalized spacial score (nSPS) is 28.0. The van der Waals surface area contributed by atoms with E-state index in [9.17, 15) is 18.0 Å². The molecule has 2 atom stereocenters. The van der Waals surface area contributed by atoms with Crippen LogP contribution in [0.15, 0.2) is 24.3 Å². The molecule has 1 amide bonds. The average Bonchev–Trinajstić information content (AvgIpc) is 2.83. The molecule has 1 saturated carbocycles. The molecule has 4 fully saturated rings. The highest BCUT2D eigenvalue weighted by molar-refractivity contribution is 5.82. The van der Waals surface area contributed by atoms with Crippen molar-refractivity contribution in [1.82, 2.24) is 9.80 Å². The number of fused-ring (bicyclic) bond motifs is 3. The van der Waals surface area contributed by atoms with E-state index in [2.05, 4.69) is 4.90 Å². The third-order valence-corrected chi connectivity index (χ3v) is 7.43. The maximum absolute atomic E-state index is 12.9. The number of halogens is 3. The molecule has 3 saturated heterocycles. The number of hydrogen-bond donors (Lipinski definition) is 1. The number of benzene rings is 1. The second kappa shape index (κ2) is 9.90. The van der Waals surface area contributed by atoms with Gasteiger partial charge in [-0.05, 0) is 50.3 Å². The van der Waals surface area contributed by atoms with Crippen molar-refractivity contribution in [2.24, 2.45) is 11.1 Å². The van der Waals surface area contributed by atoms with Crippen LogP contribution in [-0.4, -0.2) is 73.3 Å². The van der Waals surface area contributed by atoms with Gasteiger partial charge >= 0.3 is 6.18 Å². The van der Waals surface area contributed by atoms with E-state index in [0.717, 1.165) is 50.0 Å². The van der Waals surface area contributed by atoms with Gasteiger partial charge in [0.05, 0.1) is 31.0 Å². The molecule has 0 spiro atoms. The molecule has 6 nitrogen and oxygen atoms in total. The van der Waals surface area contributed by atoms with E-state index in [0.29, 0.717) is 45.4 Å². The van der Waals surface area contributed by atoms with E-state index in [-0.39, 0.29) is 17.4 Å². The highest BCUT2D eigenvalue weighted by atomic mass is 19.4. The lowest BCUT2D eigenvalue weighted by atomic mass is 9.72. The molecule has 0 aromatic heterocycles. The Hall–Kier alpha value is -1.68. The molecule has 1 aromatic carbocycles. The summed E-state index contributed by atoms with van der Waals surface area (Å²) in [5, 5.41) is 0. The van der Waals surface area contributed by atoms with Gasteiger partial charge in [0.2, 0.25) is 5.91 Å². The van der Waals surface area contributed by atoms with Crippen molar-refractivity contribution in [3.05, 3.63) is 35.4 Å². The predicted octanol–water partition coefficient (Wildman–Crippen LogP) is 3.04. The van der Waals surface area contributed by atoms with Gasteiger partial charge in [-0.25, -0.2) is 0 Å². The van der Waals surface area contributed by atoms with Crippen LogP contribution in [0.25, 0.3) is 0 Å². The molecular formula is C24H34F3N3O3. The van der Waals surface area contributed by atoms with Crippen LogP contribution in [0.3, 0.4) is 0 Å². The Labute approximate surface area is 193 Å². The van der Waals surface area contributed by atoms with Crippen molar-refractivity contribution in [3.63, 3.8) is 0 Å². The van der Waals surface area contributed by atoms with Crippen LogP contribution in [0.1, 0.15) is 43.7 Å². The Morgan fingerprint density at radius 2 is 1.82 bits per heavy atom. The predicted molar refractivity (Wildman–Crippen MR) is 117 cm³/mol. The topological polar surface area (TPSA) is 68.0 Å². The highest BCUT2D eigenvalue weighted by Crippen LogP contribution is 2.43. The minimum Gasteiger partial charge on any atom is -0.378 e. The first-order valence-corrected chi connectivity index (χ1v) is 11.8. The molecule has 2 bridgehead atoms. The zero-order valence-corrected chi connectivity index (χ0v) is 19.2. The quantitative estimate of drug-likeness (QED) is 0.665. The summed E-state index contributed by atoms with van der Waals surface area (Å²) < 4.78 is 50.1. The van der Waals surface area contributed by atoms with E-state index in [4.69, 9.17) is 15.2 Å². The second-order valence-corrected chi connectivity index (χ2v) is 9.85. The Morgan fingerprint density at radius 1 is 1.18 bits per heavy atom. The fourth-order valence-corrected chi connectivity index (χ4v) is 5.00. The van der Waals surface area contributed by atoms with Crippen molar-refractivity contribution in [1.29, 1.82) is 0 Å². The van der Waals surface area contributed by atoms with Crippen LogP contribution in [0.5, 0.6) is 0 Å². The summed E-state index contributed by atoms with van der Waals surface area (Å²) in [6.45, 7) is 6.09. The van der Waals surface area contributed by atoms with Gasteiger partial charge in [-0.3, -0.25) is 9.69 Å². The van der Waals surface area contributed by atoms with Crippen molar-refractivity contribution in [3.8, 4) is 0 Å². The summed E-state index contributed by atoms with van der Waals surface area (Å²) >= 11 is 0. The maximum Gasteiger partial charge on any atom is 0.416 e. The molecule has 9 heteroatoms. The first kappa shape index (κ1) is 24.4. The minimum absolute atomic E-state index is 0.0652. The molecule has 3 heterocycles. The Bertz CT molecular complexity index is 788. The number of piperazine rings is 1. The zero-order valence-electron chi connectivity index (χ0n) is 19.2. The Morgan fingerprint density at radius 3 is 2.36 bits per heavy atom. The second-order valence-electron chi connectivity index (χ2n) is 9.85. The summed E-state index contributed by atoms with van der Waals surface area (Å²) in [6, 6.07) is 4.53. The SMILES string of the molecule is C[C@@H](OCC12CCC(CC1)OC2)[C@H](N)C(=O)N1CCN(Cc2ccc(C(F)(F)F)cc2)CC1. The van der Waals surface area contributed by atoms with E-state index in [1.807, 2.05) is 6.92 Å². The lowest BCUT2D eigenvalue weighted by molar-refractivity contribution is -0.155. The molecule has 2 N–H and O–H groups in total. The van der Waals surface area contributed by atoms with Crippen molar-refractivity contribution in [2.75, 3.05) is 39.4 Å². The molecule has 4 aliphatic rings. The standard InChI is InChI=1S/C24H34F3N3O3/c1-17(32-15-23-8-6-20(7-9-23)33-16-23)21(28)22(31)30-12-10-29(11-13-30)14-18-2-4-19(5-3-18)24(25,26)27/h2-5,17,20-21H,6-16,28H2,1H3/t17-,20?,21+,23?/m1/s1. The zero-order chi connectivity index (χ0) is 23.6. The van der Waals surface area contributed by atoms with E-state index in [1.165, 1.54) is 12.1 Å². The van der Waals surface area contributed by atoms with Crippen LogP contribution in [0.4, 0.5) is 13.2 Å². The largest absolute Gasteiger partial charge is 0.416 e. The summed E-state index contributed by atoms with van der Waals surface area (Å²) in [5.74, 6) is -0.113. The van der Waals surface area contributed by atoms with Crippen molar-refractivity contribution < 1.29 is 27.4 Å². The molecule has 3 aliphatic heterocycles. The van der Waals surface area contributed by atoms with Crippen LogP contribution < -0.4 is 5.73 Å². The minimum atomic E-state index is -4.33. The van der Waals surface area contributed by atoms with Gasteiger partial charge in [-0.2, -0.15) is 13.2 Å². The average molecular weight is 470 g/mol. The smallest absolute Gasteiger partial charge is 0.378 e. The number of nitrogens with zero attached hydrogens (tertiary/aromatic N) is 2. The fraction of sp³-hybridized carbons (Fsp3) is 0.708. The van der Waals surface area contributed by atoms with Gasteiger partial charge in [-0.15, -0.1) is 0 Å². The number of nitrogens with two attached hydrogens (primary N) is 1. The summed E-state index contributed by atoms with van der Waals surface area (Å²) in [4.78, 5) is 16.8. The molecule has 33 heavy (non-hydrogen) atoms. The number of ether oxygens (including phenoxy) is 2. The highest BCUT2D eigenvalue weighted by Gasteiger charge is 2.42. The molecule has 1 aliphatic carbocycles. The summed E-state index contributed by atoms with van der Waals surface area (Å²) in [5.41, 5.74) is 6.50. The molecule has 0 radical (unpaired) electrons. The van der Waals surface area contributed by atoms with Crippen LogP contribution in [-0.2, 0) is 27.0 Å². The van der Waals surface area contributed by atoms with E-state index >= 15 is 0 Å². The summed E-state index contributed by atoms with van der Waals surface area (Å²) in [7, 11) is 0. The maximum atomic E-state index is 12.9. The molecular weight excluding hydrogens is 435 g/mol. The van der Waals surface area contributed by atoms with Gasteiger partial charge in [-0.1, -0.05) is 12.1 Å². The van der Waals surface area contributed by atoms with Crippen LogP contribution >= 0.6 is 0 Å². The van der Waals surface area contributed by atoms with Gasteiger partial charge in [0.15, 0.2) is 0 Å². The van der Waals surface area contributed by atoms with Gasteiger partial charge in [0.25, 0.3) is 0 Å². The van der Waals surface area contributed by atoms with Crippen molar-refractivity contribution >= 4 is 5.91 Å². The lowest BCUT2D eigenvalue weighted by Crippen LogP contribution is -2.56. The first-order chi connectivity index (χ1) is 15.7. The third-order valence-electron chi connectivity index (χ3n) is 7.43. The molecule has 0 unspecified atom stereocenters. The van der Waals surface area contributed by atoms with Crippen LogP contribution in [0.2, 0.25) is 0 Å². The number of rotatable bonds is 7. The first-order valence-electron chi connectivity index (χ1n) is 11.8. The number of amides is 1. The van der Waals surface area contributed by atoms with Crippen LogP contribution in [0, 0.1) is 5.41 Å². The Kier molecular flexibility index (Phi) is 7.33. The molecule has 5 rings (SSSR count). The van der Waals surface area contributed by atoms with Gasteiger partial charge in [0, 0.05) is 38.1 Å². The van der Waals surface area contributed by atoms with E-state index in [1.54, 1.807) is 4.90 Å². The number of hydrogen-bond acceptors (Lipinski definition) is 5. The third kappa shape index (κ3) is 5.88. The Balaban J connectivity index is 1.21. The van der Waals surface area contributed by atoms with E-state index < -0.39 is 17.8 Å². The number of alkyl halides is 3. The number of carbonyl (C=O) groups is 1. The van der Waals surface area contributed by atoms with Gasteiger partial charge < -0.3 is 20.1 Å². The number of carbonyl (C=O) groups excluding carboxylic acids is 1. The van der Waals surface area contributed by atoms with Crippen molar-refractivity contribution in [2.45, 2.75) is 63.6 Å². The molecule has 184 valence electrons. The monoisotopic (exact) mass is 469 g/mol. The molecule has 1 aromatic rings. The van der Waals surface area contributed by atoms with Gasteiger partial charge in [0.1, 0.15) is 6.04 Å². The fourth-order valence-electron chi connectivity index (χ4n) is 5.00. The lowest BCUT2D eigenvalue weighted by Gasteiger charge is -2.46. The summed E-state index contributed by atoms with van der Waals surface area (Å²) in [6.07, 6.45) is 0.0813.